The van der Waals surface area contributed by atoms with Gasteiger partial charge in [0, 0.05) is 6.54 Å². The number of ether oxygens (including phenoxy) is 1. The largest absolute Gasteiger partial charge is 0.487 e. The van der Waals surface area contributed by atoms with Crippen molar-refractivity contribution in [3.8, 4) is 5.75 Å². The van der Waals surface area contributed by atoms with E-state index in [4.69, 9.17) is 10.5 Å². The molecule has 3 rings (SSSR count). The van der Waals surface area contributed by atoms with Gasteiger partial charge < -0.3 is 15.8 Å². The van der Waals surface area contributed by atoms with E-state index < -0.39 is 5.91 Å². The molecule has 1 saturated carbocycles. The summed E-state index contributed by atoms with van der Waals surface area (Å²) in [5, 5.41) is 3.25. The molecule has 0 radical (unpaired) electrons. The van der Waals surface area contributed by atoms with Crippen LogP contribution in [0.4, 0.5) is 0 Å². The molecule has 1 amide bonds. The second-order valence-corrected chi connectivity index (χ2v) is 4.98. The zero-order valence-corrected chi connectivity index (χ0v) is 10.2. The minimum atomic E-state index is -0.453. The molecule has 1 aliphatic carbocycles. The van der Waals surface area contributed by atoms with Crippen LogP contribution in [0.1, 0.15) is 41.2 Å². The van der Waals surface area contributed by atoms with Crippen LogP contribution in [-0.4, -0.2) is 30.1 Å². The van der Waals surface area contributed by atoms with E-state index in [9.17, 15) is 4.79 Å². The number of hydrogen-bond donors (Lipinski definition) is 2. The molecule has 96 valence electrons. The lowest BCUT2D eigenvalue weighted by Gasteiger charge is -2.14. The van der Waals surface area contributed by atoms with E-state index in [0.29, 0.717) is 11.6 Å². The second-order valence-electron chi connectivity index (χ2n) is 4.98. The van der Waals surface area contributed by atoms with E-state index in [-0.39, 0.29) is 6.10 Å². The van der Waals surface area contributed by atoms with Crippen molar-refractivity contribution in [2.24, 2.45) is 5.73 Å². The number of primary amides is 1. The van der Waals surface area contributed by atoms with E-state index in [1.165, 1.54) is 0 Å². The number of nitrogens with zero attached hydrogens (tertiary/aromatic N) is 1. The lowest BCUT2D eigenvalue weighted by molar-refractivity contribution is 0.0994. The fraction of sp³-hybridized carbons (Fsp3) is 0.538. The van der Waals surface area contributed by atoms with Gasteiger partial charge in [-0.2, -0.15) is 0 Å². The highest BCUT2D eigenvalue weighted by Crippen LogP contribution is 2.42. The van der Waals surface area contributed by atoms with Crippen LogP contribution in [0.5, 0.6) is 5.75 Å². The minimum Gasteiger partial charge on any atom is -0.487 e. The van der Waals surface area contributed by atoms with E-state index in [1.807, 2.05) is 6.07 Å². The maximum absolute atomic E-state index is 11.3. The van der Waals surface area contributed by atoms with Gasteiger partial charge in [0.05, 0.1) is 6.20 Å². The number of nitrogens with one attached hydrogen (secondary N) is 1. The molecule has 1 aromatic rings. The fourth-order valence-corrected chi connectivity index (χ4v) is 2.36. The van der Waals surface area contributed by atoms with Gasteiger partial charge in [0.25, 0.3) is 5.91 Å². The minimum absolute atomic E-state index is 0.207. The summed E-state index contributed by atoms with van der Waals surface area (Å²) in [5.74, 6) is 0.729. The highest BCUT2D eigenvalue weighted by atomic mass is 16.5. The van der Waals surface area contributed by atoms with Crippen LogP contribution in [0.25, 0.3) is 0 Å². The molecule has 1 saturated heterocycles. The number of nitrogens with two attached hydrogens (primary N) is 1. The molecule has 1 aliphatic heterocycles. The Morgan fingerprint density at radius 3 is 2.89 bits per heavy atom. The van der Waals surface area contributed by atoms with Crippen molar-refractivity contribution < 1.29 is 9.53 Å². The van der Waals surface area contributed by atoms with Crippen LogP contribution in [0.3, 0.4) is 0 Å². The van der Waals surface area contributed by atoms with Gasteiger partial charge in [0.15, 0.2) is 0 Å². The van der Waals surface area contributed by atoms with E-state index in [0.717, 1.165) is 43.7 Å². The summed E-state index contributed by atoms with van der Waals surface area (Å²) in [4.78, 5) is 15.5. The normalized spacial score (nSPS) is 23.0. The first-order valence-corrected chi connectivity index (χ1v) is 6.41. The molecule has 1 aromatic heterocycles. The topological polar surface area (TPSA) is 77.2 Å². The number of aromatic nitrogens is 1. The monoisotopic (exact) mass is 247 g/mol. The van der Waals surface area contributed by atoms with Gasteiger partial charge in [-0.1, -0.05) is 0 Å². The molecule has 0 spiro atoms. The van der Waals surface area contributed by atoms with Crippen molar-refractivity contribution in [3.63, 3.8) is 0 Å². The maximum Gasteiger partial charge on any atom is 0.267 e. The predicted molar refractivity (Wildman–Crippen MR) is 66.6 cm³/mol. The Morgan fingerprint density at radius 1 is 1.44 bits per heavy atom. The zero-order chi connectivity index (χ0) is 12.5. The first-order valence-electron chi connectivity index (χ1n) is 6.41. The summed E-state index contributed by atoms with van der Waals surface area (Å²) in [5.41, 5.74) is 6.69. The average Bonchev–Trinajstić information content (AvgIpc) is 3.08. The van der Waals surface area contributed by atoms with Gasteiger partial charge in [0.2, 0.25) is 0 Å². The molecule has 0 aromatic carbocycles. The summed E-state index contributed by atoms with van der Waals surface area (Å²) in [7, 11) is 0. The maximum atomic E-state index is 11.3. The number of hydrogen-bond acceptors (Lipinski definition) is 4. The van der Waals surface area contributed by atoms with Crippen LogP contribution in [0.2, 0.25) is 0 Å². The Balaban J connectivity index is 1.82. The zero-order valence-electron chi connectivity index (χ0n) is 10.2. The van der Waals surface area contributed by atoms with Crippen molar-refractivity contribution in [2.45, 2.75) is 31.3 Å². The van der Waals surface area contributed by atoms with Crippen LogP contribution >= 0.6 is 0 Å². The molecular formula is C13H17N3O2. The van der Waals surface area contributed by atoms with Gasteiger partial charge in [-0.05, 0) is 43.4 Å². The molecule has 0 unspecified atom stereocenters. The lowest BCUT2D eigenvalue weighted by atomic mass is 10.1. The first-order chi connectivity index (χ1) is 8.74. The summed E-state index contributed by atoms with van der Waals surface area (Å²) in [6.07, 6.45) is 5.03. The van der Waals surface area contributed by atoms with Crippen LogP contribution in [0.15, 0.2) is 12.3 Å². The molecule has 2 fully saturated rings. The quantitative estimate of drug-likeness (QED) is 0.825. The summed E-state index contributed by atoms with van der Waals surface area (Å²) in [6.45, 7) is 1.86. The molecule has 18 heavy (non-hydrogen) atoms. The van der Waals surface area contributed by atoms with Crippen LogP contribution in [0, 0.1) is 0 Å². The average molecular weight is 247 g/mol. The Hall–Kier alpha value is -1.62. The molecule has 0 bridgehead atoms. The fourth-order valence-electron chi connectivity index (χ4n) is 2.36. The Bertz CT molecular complexity index is 465. The van der Waals surface area contributed by atoms with Crippen LogP contribution < -0.4 is 15.8 Å². The van der Waals surface area contributed by atoms with Gasteiger partial charge in [-0.3, -0.25) is 4.79 Å². The summed E-state index contributed by atoms with van der Waals surface area (Å²) in [6, 6.07) is 1.93. The second kappa shape index (κ2) is 4.57. The highest BCUT2D eigenvalue weighted by molar-refractivity contribution is 5.92. The smallest absolute Gasteiger partial charge is 0.267 e. The highest BCUT2D eigenvalue weighted by Gasteiger charge is 2.29. The summed E-state index contributed by atoms with van der Waals surface area (Å²) >= 11 is 0. The Morgan fingerprint density at radius 2 is 2.28 bits per heavy atom. The number of carbonyl (C=O) groups excluding carboxylic acids is 1. The van der Waals surface area contributed by atoms with E-state index in [2.05, 4.69) is 10.3 Å². The van der Waals surface area contributed by atoms with Crippen molar-refractivity contribution >= 4 is 5.91 Å². The predicted octanol–water partition coefficient (Wildman–Crippen LogP) is 0.799. The third kappa shape index (κ3) is 2.31. The molecule has 5 nitrogen and oxygen atoms in total. The van der Waals surface area contributed by atoms with Crippen molar-refractivity contribution in [1.82, 2.24) is 10.3 Å². The third-order valence-electron chi connectivity index (χ3n) is 3.46. The number of pyridine rings is 1. The van der Waals surface area contributed by atoms with E-state index >= 15 is 0 Å². The molecular weight excluding hydrogens is 230 g/mol. The number of carbonyl (C=O) groups is 1. The third-order valence-corrected chi connectivity index (χ3v) is 3.46. The molecule has 2 heterocycles. The van der Waals surface area contributed by atoms with Gasteiger partial charge in [0.1, 0.15) is 17.5 Å². The Labute approximate surface area is 106 Å². The standard InChI is InChI=1S/C13H17N3O2/c14-13(17)12-11(8-1-2-8)5-10(7-16-12)18-9-3-4-15-6-9/h5,7-9,15H,1-4,6H2,(H2,14,17)/t9-/m1/s1. The molecule has 3 N–H and O–H groups in total. The lowest BCUT2D eigenvalue weighted by Crippen LogP contribution is -2.20. The first kappa shape index (κ1) is 11.5. The SMILES string of the molecule is NC(=O)c1ncc(O[C@@H]2CCNC2)cc1C1CC1. The Kier molecular flexibility index (Phi) is 2.91. The van der Waals surface area contributed by atoms with Crippen LogP contribution in [-0.2, 0) is 0 Å². The van der Waals surface area contributed by atoms with E-state index in [1.54, 1.807) is 6.20 Å². The number of amides is 1. The molecule has 5 heteroatoms. The molecule has 1 atom stereocenters. The van der Waals surface area contributed by atoms with Gasteiger partial charge >= 0.3 is 0 Å². The van der Waals surface area contributed by atoms with Gasteiger partial charge in [-0.25, -0.2) is 4.98 Å². The number of rotatable bonds is 4. The van der Waals surface area contributed by atoms with Crippen molar-refractivity contribution in [2.75, 3.05) is 13.1 Å². The summed E-state index contributed by atoms with van der Waals surface area (Å²) < 4.78 is 5.85. The van der Waals surface area contributed by atoms with Crippen molar-refractivity contribution in [1.29, 1.82) is 0 Å². The molecule has 2 aliphatic rings. The van der Waals surface area contributed by atoms with Gasteiger partial charge in [-0.15, -0.1) is 0 Å². The van der Waals surface area contributed by atoms with Crippen molar-refractivity contribution in [3.05, 3.63) is 23.5 Å².